The van der Waals surface area contributed by atoms with Crippen molar-refractivity contribution in [1.82, 2.24) is 15.1 Å². The summed E-state index contributed by atoms with van der Waals surface area (Å²) in [6.07, 6.45) is 3.24. The molecule has 0 saturated heterocycles. The Hall–Kier alpha value is -2.89. The summed E-state index contributed by atoms with van der Waals surface area (Å²) in [4.78, 5) is 19.3. The third-order valence-corrected chi connectivity index (χ3v) is 2.95. The smallest absolute Gasteiger partial charge is 0.232 e. The Morgan fingerprint density at radius 1 is 1.35 bits per heavy atom. The summed E-state index contributed by atoms with van der Waals surface area (Å²) < 4.78 is 5.02. The maximum atomic E-state index is 12.1. The van der Waals surface area contributed by atoms with E-state index in [-0.39, 0.29) is 11.3 Å². The van der Waals surface area contributed by atoms with Crippen molar-refractivity contribution in [3.63, 3.8) is 0 Å². The highest BCUT2D eigenvalue weighted by Gasteiger charge is 2.20. The van der Waals surface area contributed by atoms with E-state index in [1.807, 2.05) is 13.0 Å². The van der Waals surface area contributed by atoms with E-state index in [1.165, 1.54) is 6.07 Å². The van der Waals surface area contributed by atoms with Crippen LogP contribution in [0.4, 0.5) is 5.88 Å². The zero-order valence-corrected chi connectivity index (χ0v) is 10.8. The van der Waals surface area contributed by atoms with Gasteiger partial charge in [-0.25, -0.2) is 0 Å². The van der Waals surface area contributed by atoms with E-state index in [0.29, 0.717) is 22.5 Å². The summed E-state index contributed by atoms with van der Waals surface area (Å²) >= 11 is 0. The van der Waals surface area contributed by atoms with Crippen molar-refractivity contribution in [2.75, 3.05) is 5.73 Å². The van der Waals surface area contributed by atoms with E-state index in [4.69, 9.17) is 10.3 Å². The SMILES string of the molecule is Cc1cc(=O)c(-c2noc(N)c2-c2ccccn2)c[nH]1. The molecule has 0 unspecified atom stereocenters. The lowest BCUT2D eigenvalue weighted by atomic mass is 10.1. The molecule has 20 heavy (non-hydrogen) atoms. The van der Waals surface area contributed by atoms with Gasteiger partial charge in [0.1, 0.15) is 5.69 Å². The zero-order valence-electron chi connectivity index (χ0n) is 10.8. The molecule has 0 atom stereocenters. The topological polar surface area (TPSA) is 97.8 Å². The minimum atomic E-state index is -0.147. The van der Waals surface area contributed by atoms with Crippen molar-refractivity contribution in [3.8, 4) is 22.5 Å². The number of anilines is 1. The number of nitrogens with one attached hydrogen (secondary N) is 1. The molecule has 3 heterocycles. The average Bonchev–Trinajstić information content (AvgIpc) is 2.81. The van der Waals surface area contributed by atoms with Crippen LogP contribution in [0.1, 0.15) is 5.69 Å². The summed E-state index contributed by atoms with van der Waals surface area (Å²) in [7, 11) is 0. The molecule has 0 aliphatic rings. The number of rotatable bonds is 2. The lowest BCUT2D eigenvalue weighted by molar-refractivity contribution is 0.439. The first kappa shape index (κ1) is 12.2. The van der Waals surface area contributed by atoms with Crippen LogP contribution in [-0.4, -0.2) is 15.1 Å². The number of aryl methyl sites for hydroxylation is 1. The third-order valence-electron chi connectivity index (χ3n) is 2.95. The summed E-state index contributed by atoms with van der Waals surface area (Å²) in [5.74, 6) is 0.138. The van der Waals surface area contributed by atoms with Gasteiger partial charge in [-0.3, -0.25) is 9.78 Å². The normalized spacial score (nSPS) is 10.7. The quantitative estimate of drug-likeness (QED) is 0.740. The molecule has 6 nitrogen and oxygen atoms in total. The first-order valence-corrected chi connectivity index (χ1v) is 6.03. The minimum absolute atomic E-state index is 0.138. The van der Waals surface area contributed by atoms with E-state index in [1.54, 1.807) is 24.5 Å². The number of hydrogen-bond donors (Lipinski definition) is 2. The molecule has 0 radical (unpaired) electrons. The molecule has 0 aliphatic carbocycles. The first-order chi connectivity index (χ1) is 9.66. The van der Waals surface area contributed by atoms with Crippen molar-refractivity contribution in [1.29, 1.82) is 0 Å². The second-order valence-electron chi connectivity index (χ2n) is 4.38. The second-order valence-corrected chi connectivity index (χ2v) is 4.38. The van der Waals surface area contributed by atoms with Gasteiger partial charge in [0.15, 0.2) is 5.43 Å². The predicted octanol–water partition coefficient (Wildman–Crippen LogP) is 1.98. The number of aromatic nitrogens is 3. The first-order valence-electron chi connectivity index (χ1n) is 6.03. The van der Waals surface area contributed by atoms with Crippen molar-refractivity contribution < 1.29 is 4.52 Å². The molecule has 0 spiro atoms. The molecule has 100 valence electrons. The highest BCUT2D eigenvalue weighted by Crippen LogP contribution is 2.33. The second kappa shape index (κ2) is 4.65. The number of pyridine rings is 2. The predicted molar refractivity (Wildman–Crippen MR) is 74.9 cm³/mol. The van der Waals surface area contributed by atoms with Crippen LogP contribution >= 0.6 is 0 Å². The number of hydrogen-bond acceptors (Lipinski definition) is 5. The molecule has 0 bridgehead atoms. The van der Waals surface area contributed by atoms with E-state index in [9.17, 15) is 4.79 Å². The van der Waals surface area contributed by atoms with Crippen LogP contribution in [0.25, 0.3) is 22.5 Å². The fourth-order valence-corrected chi connectivity index (χ4v) is 2.00. The fourth-order valence-electron chi connectivity index (χ4n) is 2.00. The van der Waals surface area contributed by atoms with Gasteiger partial charge >= 0.3 is 0 Å². The zero-order chi connectivity index (χ0) is 14.1. The standard InChI is InChI=1S/C14H12N4O2/c1-8-6-11(19)9(7-17-8)13-12(14(15)20-18-13)10-4-2-3-5-16-10/h2-7H,15H2,1H3,(H,17,19). The molecule has 6 heteroatoms. The van der Waals surface area contributed by atoms with Gasteiger partial charge in [0.25, 0.3) is 0 Å². The molecule has 3 N–H and O–H groups in total. The molecular weight excluding hydrogens is 256 g/mol. The highest BCUT2D eigenvalue weighted by atomic mass is 16.5. The summed E-state index contributed by atoms with van der Waals surface area (Å²) in [6.45, 7) is 1.81. The van der Waals surface area contributed by atoms with Crippen LogP contribution in [0.5, 0.6) is 0 Å². The molecule has 0 amide bonds. The molecule has 0 aromatic carbocycles. The summed E-state index contributed by atoms with van der Waals surface area (Å²) in [5, 5.41) is 3.89. The Labute approximate surface area is 114 Å². The number of nitrogen functional groups attached to an aromatic ring is 1. The van der Waals surface area contributed by atoms with Gasteiger partial charge in [0.05, 0.1) is 16.8 Å². The number of nitrogens with zero attached hydrogens (tertiary/aromatic N) is 2. The fraction of sp³-hybridized carbons (Fsp3) is 0.0714. The van der Waals surface area contributed by atoms with E-state index < -0.39 is 0 Å². The van der Waals surface area contributed by atoms with Crippen molar-refractivity contribution >= 4 is 5.88 Å². The number of aromatic amines is 1. The van der Waals surface area contributed by atoms with E-state index >= 15 is 0 Å². The molecule has 0 saturated carbocycles. The summed E-state index contributed by atoms with van der Waals surface area (Å²) in [6, 6.07) is 6.92. The maximum absolute atomic E-state index is 12.1. The van der Waals surface area contributed by atoms with Crippen LogP contribution < -0.4 is 11.2 Å². The minimum Gasteiger partial charge on any atom is -0.367 e. The van der Waals surface area contributed by atoms with Gasteiger partial charge in [0, 0.05) is 24.2 Å². The maximum Gasteiger partial charge on any atom is 0.232 e. The van der Waals surface area contributed by atoms with Gasteiger partial charge in [-0.1, -0.05) is 11.2 Å². The lowest BCUT2D eigenvalue weighted by Gasteiger charge is -2.01. The Kier molecular flexibility index (Phi) is 2.83. The van der Waals surface area contributed by atoms with Crippen LogP contribution in [0.15, 0.2) is 46.0 Å². The van der Waals surface area contributed by atoms with Crippen LogP contribution in [0, 0.1) is 6.92 Å². The van der Waals surface area contributed by atoms with Crippen LogP contribution in [0.2, 0.25) is 0 Å². The Morgan fingerprint density at radius 3 is 2.90 bits per heavy atom. The van der Waals surface area contributed by atoms with E-state index in [0.717, 1.165) is 5.69 Å². The monoisotopic (exact) mass is 268 g/mol. The summed E-state index contributed by atoms with van der Waals surface area (Å²) in [5.41, 5.74) is 8.37. The van der Waals surface area contributed by atoms with Crippen molar-refractivity contribution in [2.24, 2.45) is 0 Å². The Morgan fingerprint density at radius 2 is 2.20 bits per heavy atom. The Bertz CT molecular complexity index is 806. The molecule has 3 aromatic rings. The van der Waals surface area contributed by atoms with Crippen molar-refractivity contribution in [2.45, 2.75) is 6.92 Å². The van der Waals surface area contributed by atoms with Gasteiger partial charge in [-0.2, -0.15) is 0 Å². The van der Waals surface area contributed by atoms with Crippen LogP contribution in [-0.2, 0) is 0 Å². The number of H-pyrrole nitrogens is 1. The number of nitrogens with two attached hydrogens (primary N) is 1. The van der Waals surface area contributed by atoms with Crippen LogP contribution in [0.3, 0.4) is 0 Å². The molecule has 3 rings (SSSR count). The molecular formula is C14H12N4O2. The van der Waals surface area contributed by atoms with E-state index in [2.05, 4.69) is 15.1 Å². The molecule has 3 aromatic heterocycles. The third kappa shape index (κ3) is 1.97. The molecule has 0 aliphatic heterocycles. The van der Waals surface area contributed by atoms with Gasteiger partial charge in [-0.15, -0.1) is 0 Å². The van der Waals surface area contributed by atoms with Gasteiger partial charge in [-0.05, 0) is 19.1 Å². The van der Waals surface area contributed by atoms with Gasteiger partial charge in [0.2, 0.25) is 5.88 Å². The van der Waals surface area contributed by atoms with Crippen molar-refractivity contribution in [3.05, 3.63) is 52.6 Å². The molecule has 0 fully saturated rings. The largest absolute Gasteiger partial charge is 0.367 e. The average molecular weight is 268 g/mol. The lowest BCUT2D eigenvalue weighted by Crippen LogP contribution is -2.06. The van der Waals surface area contributed by atoms with Gasteiger partial charge < -0.3 is 15.2 Å². The highest BCUT2D eigenvalue weighted by molar-refractivity contribution is 5.84. The Balaban J connectivity index is 2.24.